The maximum Gasteiger partial charge on any atom is 0.338 e. The van der Waals surface area contributed by atoms with Gasteiger partial charge in [0.2, 0.25) is 0 Å². The van der Waals surface area contributed by atoms with Crippen LogP contribution in [0.5, 0.6) is 0 Å². The Morgan fingerprint density at radius 1 is 1.35 bits per heavy atom. The molecule has 0 atom stereocenters. The van der Waals surface area contributed by atoms with Crippen molar-refractivity contribution in [3.8, 4) is 0 Å². The number of esters is 1. The summed E-state index contributed by atoms with van der Waals surface area (Å²) in [4.78, 5) is 11.5. The van der Waals surface area contributed by atoms with Crippen molar-refractivity contribution >= 4 is 15.8 Å². The second-order valence-corrected chi connectivity index (χ2v) is 5.35. The van der Waals surface area contributed by atoms with E-state index >= 15 is 0 Å². The Balaban J connectivity index is 2.96. The molecule has 0 aliphatic rings. The summed E-state index contributed by atoms with van der Waals surface area (Å²) in [6.07, 6.45) is 1.33. The number of sulfone groups is 1. The van der Waals surface area contributed by atoms with E-state index in [2.05, 4.69) is 6.58 Å². The number of carbonyl (C=O) groups excluding carboxylic acids is 1. The van der Waals surface area contributed by atoms with E-state index in [1.165, 1.54) is 30.3 Å². The highest BCUT2D eigenvalue weighted by molar-refractivity contribution is 7.91. The highest BCUT2D eigenvalue weighted by Crippen LogP contribution is 2.13. The van der Waals surface area contributed by atoms with Crippen molar-refractivity contribution in [2.75, 3.05) is 12.4 Å². The van der Waals surface area contributed by atoms with Crippen LogP contribution in [0.15, 0.2) is 41.8 Å². The minimum absolute atomic E-state index is 0.119. The fourth-order valence-electron chi connectivity index (χ4n) is 1.26. The zero-order valence-electron chi connectivity index (χ0n) is 9.55. The van der Waals surface area contributed by atoms with E-state index < -0.39 is 15.8 Å². The van der Waals surface area contributed by atoms with Crippen LogP contribution >= 0.6 is 0 Å². The average molecular weight is 254 g/mol. The zero-order chi connectivity index (χ0) is 12.9. The van der Waals surface area contributed by atoms with Crippen LogP contribution in [0.1, 0.15) is 17.3 Å². The van der Waals surface area contributed by atoms with Crippen LogP contribution in [0.3, 0.4) is 0 Å². The summed E-state index contributed by atoms with van der Waals surface area (Å²) in [5, 5.41) is 0. The molecule has 0 fully saturated rings. The van der Waals surface area contributed by atoms with Crippen LogP contribution in [0.25, 0.3) is 0 Å². The van der Waals surface area contributed by atoms with Crippen LogP contribution in [-0.2, 0) is 14.6 Å². The van der Waals surface area contributed by atoms with Crippen LogP contribution in [-0.4, -0.2) is 26.7 Å². The Hall–Kier alpha value is -1.62. The van der Waals surface area contributed by atoms with E-state index in [9.17, 15) is 13.2 Å². The van der Waals surface area contributed by atoms with E-state index in [-0.39, 0.29) is 17.3 Å². The molecule has 0 radical (unpaired) electrons. The number of benzene rings is 1. The first-order valence-electron chi connectivity index (χ1n) is 5.12. The largest absolute Gasteiger partial charge is 0.462 e. The van der Waals surface area contributed by atoms with E-state index in [0.29, 0.717) is 5.56 Å². The second-order valence-electron chi connectivity index (χ2n) is 3.31. The predicted octanol–water partition coefficient (Wildman–Crippen LogP) is 1.82. The van der Waals surface area contributed by atoms with Crippen molar-refractivity contribution < 1.29 is 17.9 Å². The summed E-state index contributed by atoms with van der Waals surface area (Å²) in [5.41, 5.74) is 0.337. The van der Waals surface area contributed by atoms with E-state index in [4.69, 9.17) is 4.74 Å². The third kappa shape index (κ3) is 3.42. The van der Waals surface area contributed by atoms with Crippen molar-refractivity contribution in [3.05, 3.63) is 42.5 Å². The van der Waals surface area contributed by atoms with Crippen molar-refractivity contribution in [1.82, 2.24) is 0 Å². The molecule has 0 aliphatic carbocycles. The lowest BCUT2D eigenvalue weighted by Crippen LogP contribution is -2.07. The van der Waals surface area contributed by atoms with Gasteiger partial charge in [0.1, 0.15) is 0 Å². The number of carbonyl (C=O) groups is 1. The standard InChI is InChI=1S/C12H14O4S/c1-3-9-17(14,15)11-7-5-10(6-8-11)12(13)16-4-2/h3,5-8H,1,4,9H2,2H3. The SMILES string of the molecule is C=CCS(=O)(=O)c1ccc(C(=O)OCC)cc1. The van der Waals surface area contributed by atoms with Gasteiger partial charge in [0.05, 0.1) is 22.8 Å². The molecule has 0 aliphatic heterocycles. The third-order valence-electron chi connectivity index (χ3n) is 2.06. The lowest BCUT2D eigenvalue weighted by atomic mass is 10.2. The zero-order valence-corrected chi connectivity index (χ0v) is 10.4. The highest BCUT2D eigenvalue weighted by Gasteiger charge is 2.13. The smallest absolute Gasteiger partial charge is 0.338 e. The van der Waals surface area contributed by atoms with Crippen molar-refractivity contribution in [3.63, 3.8) is 0 Å². The molecule has 0 amide bonds. The molecule has 0 aromatic heterocycles. The molecule has 5 heteroatoms. The molecular formula is C12H14O4S. The fourth-order valence-corrected chi connectivity index (χ4v) is 2.32. The first-order valence-corrected chi connectivity index (χ1v) is 6.77. The Labute approximate surface area is 101 Å². The Kier molecular flexibility index (Phi) is 4.45. The first kappa shape index (κ1) is 13.4. The molecule has 0 N–H and O–H groups in total. The molecule has 0 saturated carbocycles. The maximum absolute atomic E-state index is 11.7. The van der Waals surface area contributed by atoms with Gasteiger partial charge in [-0.1, -0.05) is 6.08 Å². The summed E-state index contributed by atoms with van der Waals surface area (Å²) in [5.74, 6) is -0.577. The third-order valence-corrected chi connectivity index (χ3v) is 3.73. The summed E-state index contributed by atoms with van der Waals surface area (Å²) in [6.45, 7) is 5.38. The molecule has 1 aromatic rings. The monoisotopic (exact) mass is 254 g/mol. The molecule has 0 spiro atoms. The average Bonchev–Trinajstić information content (AvgIpc) is 2.29. The van der Waals surface area contributed by atoms with Crippen LogP contribution in [0, 0.1) is 0 Å². The molecule has 0 saturated heterocycles. The van der Waals surface area contributed by atoms with Gasteiger partial charge in [-0.3, -0.25) is 0 Å². The number of rotatable bonds is 5. The van der Waals surface area contributed by atoms with Gasteiger partial charge in [-0.2, -0.15) is 0 Å². The Morgan fingerprint density at radius 3 is 2.41 bits per heavy atom. The molecule has 17 heavy (non-hydrogen) atoms. The molecule has 0 heterocycles. The van der Waals surface area contributed by atoms with Gasteiger partial charge in [-0.15, -0.1) is 6.58 Å². The van der Waals surface area contributed by atoms with Gasteiger partial charge in [0, 0.05) is 0 Å². The van der Waals surface area contributed by atoms with Gasteiger partial charge in [-0.05, 0) is 31.2 Å². The van der Waals surface area contributed by atoms with E-state index in [0.717, 1.165) is 0 Å². The number of ether oxygens (including phenoxy) is 1. The van der Waals surface area contributed by atoms with Crippen LogP contribution in [0.2, 0.25) is 0 Å². The van der Waals surface area contributed by atoms with Gasteiger partial charge in [-0.25, -0.2) is 13.2 Å². The van der Waals surface area contributed by atoms with Gasteiger partial charge >= 0.3 is 5.97 Å². The molecule has 0 unspecified atom stereocenters. The van der Waals surface area contributed by atoms with Crippen molar-refractivity contribution in [2.24, 2.45) is 0 Å². The minimum atomic E-state index is -3.34. The lowest BCUT2D eigenvalue weighted by molar-refractivity contribution is 0.0526. The molecule has 0 bridgehead atoms. The fraction of sp³-hybridized carbons (Fsp3) is 0.250. The Bertz CT molecular complexity index is 500. The second kappa shape index (κ2) is 5.63. The van der Waals surface area contributed by atoms with Crippen LogP contribution in [0.4, 0.5) is 0 Å². The summed E-state index contributed by atoms with van der Waals surface area (Å²) in [6, 6.07) is 5.66. The van der Waals surface area contributed by atoms with Gasteiger partial charge in [0.25, 0.3) is 0 Å². The summed E-state index contributed by atoms with van der Waals surface area (Å²) in [7, 11) is -3.34. The Morgan fingerprint density at radius 2 is 1.94 bits per heavy atom. The van der Waals surface area contributed by atoms with E-state index in [1.807, 2.05) is 0 Å². The van der Waals surface area contributed by atoms with Gasteiger partial charge < -0.3 is 4.74 Å². The van der Waals surface area contributed by atoms with Crippen molar-refractivity contribution in [2.45, 2.75) is 11.8 Å². The van der Waals surface area contributed by atoms with E-state index in [1.54, 1.807) is 6.92 Å². The molecule has 1 rings (SSSR count). The summed E-state index contributed by atoms with van der Waals surface area (Å²) >= 11 is 0. The predicted molar refractivity (Wildman–Crippen MR) is 64.6 cm³/mol. The topological polar surface area (TPSA) is 60.4 Å². The summed E-state index contributed by atoms with van der Waals surface area (Å²) < 4.78 is 28.1. The maximum atomic E-state index is 11.7. The van der Waals surface area contributed by atoms with Crippen LogP contribution < -0.4 is 0 Å². The molecule has 1 aromatic carbocycles. The molecular weight excluding hydrogens is 240 g/mol. The first-order chi connectivity index (χ1) is 8.01. The minimum Gasteiger partial charge on any atom is -0.462 e. The van der Waals surface area contributed by atoms with Crippen molar-refractivity contribution in [1.29, 1.82) is 0 Å². The molecule has 4 nitrogen and oxygen atoms in total. The number of hydrogen-bond acceptors (Lipinski definition) is 4. The highest BCUT2D eigenvalue weighted by atomic mass is 32.2. The lowest BCUT2D eigenvalue weighted by Gasteiger charge is -2.04. The molecule has 92 valence electrons. The quantitative estimate of drug-likeness (QED) is 0.594. The normalized spacial score (nSPS) is 10.9. The van der Waals surface area contributed by atoms with Gasteiger partial charge in [0.15, 0.2) is 9.84 Å². The number of hydrogen-bond donors (Lipinski definition) is 0.